The Morgan fingerprint density at radius 2 is 2.38 bits per heavy atom. The molecule has 1 heterocycles. The summed E-state index contributed by atoms with van der Waals surface area (Å²) in [5.74, 6) is 2.06. The second kappa shape index (κ2) is 3.54. The van der Waals surface area contributed by atoms with Gasteiger partial charge in [-0.3, -0.25) is 0 Å². The molecule has 0 bridgehead atoms. The van der Waals surface area contributed by atoms with Crippen LogP contribution in [0.1, 0.15) is 25.5 Å². The van der Waals surface area contributed by atoms with Crippen LogP contribution in [0.5, 0.6) is 0 Å². The largest absolute Gasteiger partial charge is 0.469 e. The predicted molar refractivity (Wildman–Crippen MR) is 50.3 cm³/mol. The third-order valence-corrected chi connectivity index (χ3v) is 2.96. The Labute approximate surface area is 78.6 Å². The fraction of sp³-hybridized carbons (Fsp3) is 0.636. The Bertz CT molecular complexity index is 249. The van der Waals surface area contributed by atoms with Gasteiger partial charge in [0.05, 0.1) is 12.4 Å². The zero-order chi connectivity index (χ0) is 9.26. The van der Waals surface area contributed by atoms with E-state index in [0.29, 0.717) is 12.3 Å². The predicted octanol–water partition coefficient (Wildman–Crippen LogP) is 2.23. The molecule has 1 aliphatic carbocycles. The van der Waals surface area contributed by atoms with Gasteiger partial charge in [-0.2, -0.15) is 0 Å². The van der Waals surface area contributed by atoms with Crippen LogP contribution in [0.2, 0.25) is 0 Å². The molecule has 1 N–H and O–H groups in total. The first kappa shape index (κ1) is 8.82. The topological polar surface area (TPSA) is 33.4 Å². The monoisotopic (exact) mass is 180 g/mol. The zero-order valence-corrected chi connectivity index (χ0v) is 7.94. The Morgan fingerprint density at radius 1 is 1.62 bits per heavy atom. The van der Waals surface area contributed by atoms with Crippen LogP contribution >= 0.6 is 0 Å². The third-order valence-electron chi connectivity index (χ3n) is 2.96. The van der Waals surface area contributed by atoms with Gasteiger partial charge < -0.3 is 9.52 Å². The van der Waals surface area contributed by atoms with Gasteiger partial charge in [0.15, 0.2) is 0 Å². The second-order valence-corrected chi connectivity index (χ2v) is 4.05. The van der Waals surface area contributed by atoms with E-state index >= 15 is 0 Å². The fourth-order valence-electron chi connectivity index (χ4n) is 1.76. The molecule has 1 saturated carbocycles. The van der Waals surface area contributed by atoms with Crippen LogP contribution in [0.3, 0.4) is 0 Å². The molecule has 2 unspecified atom stereocenters. The minimum Gasteiger partial charge on any atom is -0.469 e. The molecule has 0 aliphatic heterocycles. The van der Waals surface area contributed by atoms with E-state index in [-0.39, 0.29) is 6.10 Å². The van der Waals surface area contributed by atoms with Gasteiger partial charge in [0.2, 0.25) is 0 Å². The molecule has 2 atom stereocenters. The van der Waals surface area contributed by atoms with Crippen LogP contribution in [0.15, 0.2) is 22.8 Å². The summed E-state index contributed by atoms with van der Waals surface area (Å²) in [6.07, 6.45) is 4.65. The lowest BCUT2D eigenvalue weighted by Crippen LogP contribution is -2.21. The summed E-state index contributed by atoms with van der Waals surface area (Å²) in [6, 6.07) is 3.78. The number of rotatable bonds is 4. The van der Waals surface area contributed by atoms with Crippen molar-refractivity contribution in [3.05, 3.63) is 24.2 Å². The molecule has 1 aliphatic rings. The molecule has 2 nitrogen and oxygen atoms in total. The van der Waals surface area contributed by atoms with Crippen LogP contribution in [0, 0.1) is 11.8 Å². The number of hydrogen-bond donors (Lipinski definition) is 1. The summed E-state index contributed by atoms with van der Waals surface area (Å²) in [6.45, 7) is 2.13. The molecular weight excluding hydrogens is 164 g/mol. The second-order valence-electron chi connectivity index (χ2n) is 4.05. The molecule has 1 aromatic rings. The lowest BCUT2D eigenvalue weighted by atomic mass is 9.96. The van der Waals surface area contributed by atoms with Crippen molar-refractivity contribution < 1.29 is 9.52 Å². The Morgan fingerprint density at radius 3 is 2.92 bits per heavy atom. The van der Waals surface area contributed by atoms with Gasteiger partial charge in [-0.15, -0.1) is 0 Å². The van der Waals surface area contributed by atoms with Gasteiger partial charge in [-0.25, -0.2) is 0 Å². The minimum absolute atomic E-state index is 0.237. The number of aliphatic hydroxyl groups is 1. The maximum absolute atomic E-state index is 9.84. The molecule has 13 heavy (non-hydrogen) atoms. The molecule has 1 fully saturated rings. The highest BCUT2D eigenvalue weighted by molar-refractivity contribution is 5.00. The molecule has 1 aromatic heterocycles. The first-order chi connectivity index (χ1) is 6.27. The van der Waals surface area contributed by atoms with Crippen molar-refractivity contribution in [3.63, 3.8) is 0 Å². The Kier molecular flexibility index (Phi) is 2.40. The van der Waals surface area contributed by atoms with Gasteiger partial charge in [-0.1, -0.05) is 6.92 Å². The van der Waals surface area contributed by atoms with Gasteiger partial charge >= 0.3 is 0 Å². The van der Waals surface area contributed by atoms with E-state index in [2.05, 4.69) is 6.92 Å². The molecule has 2 rings (SSSR count). The van der Waals surface area contributed by atoms with E-state index in [9.17, 15) is 5.11 Å². The highest BCUT2D eigenvalue weighted by Gasteiger charge is 2.32. The van der Waals surface area contributed by atoms with Crippen LogP contribution in [0.25, 0.3) is 0 Å². The Hall–Kier alpha value is -0.760. The van der Waals surface area contributed by atoms with Crippen molar-refractivity contribution in [2.45, 2.75) is 32.3 Å². The average molecular weight is 180 g/mol. The van der Waals surface area contributed by atoms with Crippen molar-refractivity contribution >= 4 is 0 Å². The van der Waals surface area contributed by atoms with E-state index in [4.69, 9.17) is 4.42 Å². The van der Waals surface area contributed by atoms with Crippen LogP contribution in [-0.4, -0.2) is 11.2 Å². The van der Waals surface area contributed by atoms with Crippen molar-refractivity contribution in [2.75, 3.05) is 0 Å². The lowest BCUT2D eigenvalue weighted by Gasteiger charge is -2.16. The molecule has 0 spiro atoms. The van der Waals surface area contributed by atoms with Crippen molar-refractivity contribution in [3.8, 4) is 0 Å². The minimum atomic E-state index is -0.237. The van der Waals surface area contributed by atoms with E-state index in [0.717, 1.165) is 11.7 Å². The standard InChI is InChI=1S/C11H16O2/c1-8(9-4-5-9)11(12)7-10-3-2-6-13-10/h2-3,6,8-9,11-12H,4-5,7H2,1H3. The van der Waals surface area contributed by atoms with E-state index < -0.39 is 0 Å². The summed E-state index contributed by atoms with van der Waals surface area (Å²) in [5, 5.41) is 9.84. The van der Waals surface area contributed by atoms with Crippen molar-refractivity contribution in [2.24, 2.45) is 11.8 Å². The molecule has 0 aromatic carbocycles. The van der Waals surface area contributed by atoms with Crippen molar-refractivity contribution in [1.29, 1.82) is 0 Å². The SMILES string of the molecule is CC(C(O)Cc1ccco1)C1CC1. The maximum atomic E-state index is 9.84. The van der Waals surface area contributed by atoms with Crippen LogP contribution < -0.4 is 0 Å². The summed E-state index contributed by atoms with van der Waals surface area (Å²) >= 11 is 0. The smallest absolute Gasteiger partial charge is 0.106 e. The normalized spacial score (nSPS) is 21.4. The highest BCUT2D eigenvalue weighted by atomic mass is 16.3. The first-order valence-electron chi connectivity index (χ1n) is 4.98. The lowest BCUT2D eigenvalue weighted by molar-refractivity contribution is 0.0999. The molecule has 2 heteroatoms. The molecule has 0 radical (unpaired) electrons. The van der Waals surface area contributed by atoms with Gasteiger partial charge in [0.1, 0.15) is 5.76 Å². The summed E-state index contributed by atoms with van der Waals surface area (Å²) < 4.78 is 5.19. The first-order valence-corrected chi connectivity index (χ1v) is 4.98. The zero-order valence-electron chi connectivity index (χ0n) is 7.94. The number of hydrogen-bond acceptors (Lipinski definition) is 2. The van der Waals surface area contributed by atoms with Crippen LogP contribution in [-0.2, 0) is 6.42 Å². The van der Waals surface area contributed by atoms with E-state index in [1.807, 2.05) is 12.1 Å². The van der Waals surface area contributed by atoms with E-state index in [1.54, 1.807) is 6.26 Å². The molecule has 0 saturated heterocycles. The summed E-state index contributed by atoms with van der Waals surface area (Å²) in [5.41, 5.74) is 0. The fourth-order valence-corrected chi connectivity index (χ4v) is 1.76. The maximum Gasteiger partial charge on any atom is 0.106 e. The molecule has 72 valence electrons. The Balaban J connectivity index is 1.86. The number of furan rings is 1. The quantitative estimate of drug-likeness (QED) is 0.770. The average Bonchev–Trinajstić information content (AvgIpc) is 2.85. The van der Waals surface area contributed by atoms with Crippen molar-refractivity contribution in [1.82, 2.24) is 0 Å². The van der Waals surface area contributed by atoms with E-state index in [1.165, 1.54) is 12.8 Å². The highest BCUT2D eigenvalue weighted by Crippen LogP contribution is 2.38. The van der Waals surface area contributed by atoms with Gasteiger partial charge in [0, 0.05) is 6.42 Å². The van der Waals surface area contributed by atoms with Gasteiger partial charge in [0.25, 0.3) is 0 Å². The summed E-state index contributed by atoms with van der Waals surface area (Å²) in [7, 11) is 0. The molecule has 0 amide bonds. The summed E-state index contributed by atoms with van der Waals surface area (Å²) in [4.78, 5) is 0. The third kappa shape index (κ3) is 2.13. The van der Waals surface area contributed by atoms with Crippen LogP contribution in [0.4, 0.5) is 0 Å². The van der Waals surface area contributed by atoms with Gasteiger partial charge in [-0.05, 0) is 36.8 Å². The molecular formula is C11H16O2. The number of aliphatic hydroxyl groups excluding tert-OH is 1.